The third-order valence-corrected chi connectivity index (χ3v) is 9.59. The van der Waals surface area contributed by atoms with Gasteiger partial charge in [0.25, 0.3) is 0 Å². The molecule has 0 aliphatic heterocycles. The molecule has 3 aliphatic carbocycles. The van der Waals surface area contributed by atoms with E-state index < -0.39 is 7.92 Å². The quantitative estimate of drug-likeness (QED) is 0.316. The van der Waals surface area contributed by atoms with Crippen molar-refractivity contribution in [3.05, 3.63) is 125 Å². The Hall–Kier alpha value is -3.22. The average Bonchev–Trinajstić information content (AvgIpc) is 2.89. The highest BCUT2D eigenvalue weighted by Crippen LogP contribution is 2.56. The van der Waals surface area contributed by atoms with Crippen LogP contribution in [0.25, 0.3) is 0 Å². The fraction of sp³-hybridized carbons (Fsp3) is 0.167. The highest BCUT2D eigenvalue weighted by atomic mass is 31.1. The second kappa shape index (κ2) is 8.28. The number of methoxy groups -OCH3 is 1. The fourth-order valence-electron chi connectivity index (χ4n) is 5.80. The lowest BCUT2D eigenvalue weighted by Gasteiger charge is -2.44. The molecule has 2 nitrogen and oxygen atoms in total. The first-order valence-corrected chi connectivity index (χ1v) is 12.8. The Kier molecular flexibility index (Phi) is 5.12. The smallest absolute Gasteiger partial charge is 0.309 e. The van der Waals surface area contributed by atoms with E-state index in [0.29, 0.717) is 0 Å². The summed E-state index contributed by atoms with van der Waals surface area (Å²) in [6.07, 6.45) is 0.826. The number of carbonyl (C=O) groups is 1. The second-order valence-corrected chi connectivity index (χ2v) is 11.1. The SMILES string of the molecule is COC(=O)[C@@H]1CC2c3ccccc3C1c1cc(P(c3ccccc3)c3ccccc3)ccc12. The van der Waals surface area contributed by atoms with Crippen LogP contribution >= 0.6 is 7.92 Å². The Labute approximate surface area is 196 Å². The lowest BCUT2D eigenvalue weighted by atomic mass is 9.59. The first-order valence-electron chi connectivity index (χ1n) is 11.5. The van der Waals surface area contributed by atoms with Crippen molar-refractivity contribution in [1.29, 1.82) is 0 Å². The maximum atomic E-state index is 12.8. The van der Waals surface area contributed by atoms with Crippen molar-refractivity contribution in [2.24, 2.45) is 5.92 Å². The molecule has 0 saturated carbocycles. The molecule has 2 bridgehead atoms. The largest absolute Gasteiger partial charge is 0.469 e. The van der Waals surface area contributed by atoms with Gasteiger partial charge in [0.1, 0.15) is 0 Å². The zero-order chi connectivity index (χ0) is 22.4. The molecule has 3 aliphatic rings. The van der Waals surface area contributed by atoms with Gasteiger partial charge in [-0.3, -0.25) is 4.79 Å². The van der Waals surface area contributed by atoms with E-state index in [1.807, 2.05) is 0 Å². The number of fused-ring (bicyclic) bond motifs is 1. The van der Waals surface area contributed by atoms with Crippen LogP contribution in [-0.2, 0) is 9.53 Å². The van der Waals surface area contributed by atoms with Crippen molar-refractivity contribution in [1.82, 2.24) is 0 Å². The summed E-state index contributed by atoms with van der Waals surface area (Å²) in [4.78, 5) is 12.8. The van der Waals surface area contributed by atoms with Crippen molar-refractivity contribution >= 4 is 29.8 Å². The minimum atomic E-state index is -0.687. The van der Waals surface area contributed by atoms with E-state index in [4.69, 9.17) is 4.74 Å². The van der Waals surface area contributed by atoms with Gasteiger partial charge in [0.05, 0.1) is 13.0 Å². The highest BCUT2D eigenvalue weighted by Gasteiger charge is 2.46. The molecular weight excluding hydrogens is 423 g/mol. The summed E-state index contributed by atoms with van der Waals surface area (Å²) in [5.74, 6) is 0.0808. The number of carbonyl (C=O) groups excluding carboxylic acids is 1. The number of hydrogen-bond acceptors (Lipinski definition) is 2. The Morgan fingerprint density at radius 3 is 1.91 bits per heavy atom. The van der Waals surface area contributed by atoms with Gasteiger partial charge in [-0.1, -0.05) is 97.1 Å². The van der Waals surface area contributed by atoms with E-state index >= 15 is 0 Å². The second-order valence-electron chi connectivity index (χ2n) is 8.84. The van der Waals surface area contributed by atoms with E-state index in [9.17, 15) is 4.79 Å². The van der Waals surface area contributed by atoms with E-state index in [-0.39, 0.29) is 23.7 Å². The summed E-state index contributed by atoms with van der Waals surface area (Å²) < 4.78 is 5.25. The van der Waals surface area contributed by atoms with E-state index in [0.717, 1.165) is 6.42 Å². The monoisotopic (exact) mass is 448 g/mol. The van der Waals surface area contributed by atoms with Crippen molar-refractivity contribution in [3.63, 3.8) is 0 Å². The summed E-state index contributed by atoms with van der Waals surface area (Å²) >= 11 is 0. The summed E-state index contributed by atoms with van der Waals surface area (Å²) in [5.41, 5.74) is 5.34. The van der Waals surface area contributed by atoms with E-state index in [1.165, 1.54) is 45.3 Å². The van der Waals surface area contributed by atoms with Crippen LogP contribution in [0.4, 0.5) is 0 Å². The third kappa shape index (κ3) is 3.33. The van der Waals surface area contributed by atoms with Crippen molar-refractivity contribution in [2.75, 3.05) is 7.11 Å². The summed E-state index contributed by atoms with van der Waals surface area (Å²) in [6.45, 7) is 0. The zero-order valence-corrected chi connectivity index (χ0v) is 19.4. The average molecular weight is 449 g/mol. The maximum Gasteiger partial charge on any atom is 0.309 e. The maximum absolute atomic E-state index is 12.8. The van der Waals surface area contributed by atoms with Gasteiger partial charge in [-0.05, 0) is 58.6 Å². The Morgan fingerprint density at radius 2 is 1.27 bits per heavy atom. The Bertz CT molecular complexity index is 1280. The molecule has 162 valence electrons. The summed E-state index contributed by atoms with van der Waals surface area (Å²) in [6, 6.07) is 37.3. The van der Waals surface area contributed by atoms with Crippen LogP contribution < -0.4 is 15.9 Å². The van der Waals surface area contributed by atoms with Crippen molar-refractivity contribution < 1.29 is 9.53 Å². The van der Waals surface area contributed by atoms with Crippen molar-refractivity contribution in [3.8, 4) is 0 Å². The normalized spacial score (nSPS) is 20.2. The highest BCUT2D eigenvalue weighted by molar-refractivity contribution is 7.79. The van der Waals surface area contributed by atoms with Gasteiger partial charge in [-0.25, -0.2) is 0 Å². The van der Waals surface area contributed by atoms with Crippen molar-refractivity contribution in [2.45, 2.75) is 18.3 Å². The Morgan fingerprint density at radius 1 is 0.697 bits per heavy atom. The predicted octanol–water partition coefficient (Wildman–Crippen LogP) is 5.21. The van der Waals surface area contributed by atoms with Crippen LogP contribution in [0.2, 0.25) is 0 Å². The third-order valence-electron chi connectivity index (χ3n) is 7.17. The van der Waals surface area contributed by atoms with Crippen LogP contribution in [0.1, 0.15) is 40.5 Å². The first-order chi connectivity index (χ1) is 16.3. The van der Waals surface area contributed by atoms with Gasteiger partial charge in [0.15, 0.2) is 0 Å². The Balaban J connectivity index is 1.53. The molecule has 0 fully saturated rings. The van der Waals surface area contributed by atoms with Gasteiger partial charge in [0, 0.05) is 11.8 Å². The van der Waals surface area contributed by atoms with E-state index in [2.05, 4.69) is 103 Å². The predicted molar refractivity (Wildman–Crippen MR) is 135 cm³/mol. The van der Waals surface area contributed by atoms with Crippen LogP contribution in [0, 0.1) is 5.92 Å². The number of benzene rings is 4. The number of esters is 1. The number of hydrogen-bond donors (Lipinski definition) is 0. The molecule has 0 radical (unpaired) electrons. The standard InChI is InChI=1S/C30H25O2P/c1-32-30(31)28-19-26-23-14-8-9-15-25(23)29(28)27-18-22(16-17-24(26)27)33(20-10-4-2-5-11-20)21-12-6-3-7-13-21/h2-18,26,28-29H,19H2,1H3/t26?,28-,29?/m1/s1. The van der Waals surface area contributed by atoms with E-state index in [1.54, 1.807) is 0 Å². The minimum Gasteiger partial charge on any atom is -0.469 e. The van der Waals surface area contributed by atoms with Crippen LogP contribution in [-0.4, -0.2) is 13.1 Å². The lowest BCUT2D eigenvalue weighted by Crippen LogP contribution is -2.37. The molecular formula is C30H25O2P. The molecule has 0 spiro atoms. The molecule has 0 N–H and O–H groups in total. The van der Waals surface area contributed by atoms with Crippen LogP contribution in [0.15, 0.2) is 103 Å². The lowest BCUT2D eigenvalue weighted by molar-refractivity contribution is -0.146. The van der Waals surface area contributed by atoms with Crippen LogP contribution in [0.5, 0.6) is 0 Å². The zero-order valence-electron chi connectivity index (χ0n) is 18.5. The molecule has 0 amide bonds. The topological polar surface area (TPSA) is 26.3 Å². The summed E-state index contributed by atoms with van der Waals surface area (Å²) in [7, 11) is 0.825. The minimum absolute atomic E-state index is 0.0528. The molecule has 0 aromatic heterocycles. The fourth-order valence-corrected chi connectivity index (χ4v) is 8.12. The molecule has 2 unspecified atom stereocenters. The molecule has 3 atom stereocenters. The van der Waals surface area contributed by atoms with Crippen LogP contribution in [0.3, 0.4) is 0 Å². The first kappa shape index (κ1) is 20.4. The van der Waals surface area contributed by atoms with Gasteiger partial charge < -0.3 is 4.74 Å². The molecule has 0 saturated heterocycles. The van der Waals surface area contributed by atoms with Gasteiger partial charge in [0.2, 0.25) is 0 Å². The summed E-state index contributed by atoms with van der Waals surface area (Å²) in [5, 5.41) is 4.00. The van der Waals surface area contributed by atoms with Gasteiger partial charge in [-0.15, -0.1) is 0 Å². The van der Waals surface area contributed by atoms with Gasteiger partial charge in [-0.2, -0.15) is 0 Å². The molecule has 7 rings (SSSR count). The number of ether oxygens (including phenoxy) is 1. The molecule has 33 heavy (non-hydrogen) atoms. The number of rotatable bonds is 4. The molecule has 4 aromatic rings. The van der Waals surface area contributed by atoms with Gasteiger partial charge >= 0.3 is 5.97 Å². The molecule has 3 heteroatoms. The molecule has 0 heterocycles. The molecule has 4 aromatic carbocycles.